The van der Waals surface area contributed by atoms with E-state index in [0.717, 1.165) is 37.7 Å². The molecule has 3 rings (SSSR count). The van der Waals surface area contributed by atoms with Gasteiger partial charge >= 0.3 is 0 Å². The van der Waals surface area contributed by atoms with Gasteiger partial charge in [-0.2, -0.15) is 0 Å². The Labute approximate surface area is 176 Å². The third-order valence-electron chi connectivity index (χ3n) is 6.19. The van der Waals surface area contributed by atoms with Crippen molar-refractivity contribution in [1.82, 2.24) is 0 Å². The van der Waals surface area contributed by atoms with Crippen molar-refractivity contribution >= 4 is 0 Å². The van der Waals surface area contributed by atoms with Gasteiger partial charge in [0.2, 0.25) is 0 Å². The predicted molar refractivity (Wildman–Crippen MR) is 123 cm³/mol. The van der Waals surface area contributed by atoms with Crippen molar-refractivity contribution in [3.05, 3.63) is 66.7 Å². The van der Waals surface area contributed by atoms with Crippen molar-refractivity contribution in [1.29, 1.82) is 0 Å². The third-order valence-corrected chi connectivity index (χ3v) is 6.19. The van der Waals surface area contributed by atoms with Gasteiger partial charge < -0.3 is 9.47 Å². The summed E-state index contributed by atoms with van der Waals surface area (Å²) in [5, 5.41) is 0. The molecular weight excluding hydrogens is 356 g/mol. The molecule has 1 fully saturated rings. The summed E-state index contributed by atoms with van der Waals surface area (Å²) in [6.45, 7) is 5.60. The van der Waals surface area contributed by atoms with Crippen LogP contribution in [0, 0.1) is 5.92 Å². The fraction of sp³-hybridized carbons (Fsp3) is 0.481. The SMILES string of the molecule is C=CC1CCC(c2ccc(-c3ccc(OCCCCCCOC)cc3)cc2)CC1. The van der Waals surface area contributed by atoms with E-state index in [1.54, 1.807) is 7.11 Å². The molecule has 0 amide bonds. The summed E-state index contributed by atoms with van der Waals surface area (Å²) < 4.78 is 11.0. The molecule has 2 aromatic rings. The van der Waals surface area contributed by atoms with Gasteiger partial charge in [-0.05, 0) is 85.6 Å². The highest BCUT2D eigenvalue weighted by Crippen LogP contribution is 2.36. The molecule has 0 atom stereocenters. The molecule has 0 spiro atoms. The molecule has 2 nitrogen and oxygen atoms in total. The fourth-order valence-corrected chi connectivity index (χ4v) is 4.27. The van der Waals surface area contributed by atoms with Crippen molar-refractivity contribution < 1.29 is 9.47 Å². The molecule has 0 saturated heterocycles. The van der Waals surface area contributed by atoms with E-state index in [-0.39, 0.29) is 0 Å². The average molecular weight is 393 g/mol. The minimum absolute atomic E-state index is 0.713. The Balaban J connectivity index is 1.45. The number of unbranched alkanes of at least 4 members (excludes halogenated alkanes) is 3. The number of allylic oxidation sites excluding steroid dienone is 1. The van der Waals surface area contributed by atoms with Gasteiger partial charge in [0.05, 0.1) is 6.61 Å². The van der Waals surface area contributed by atoms with Crippen LogP contribution in [0.5, 0.6) is 5.75 Å². The van der Waals surface area contributed by atoms with Crippen LogP contribution in [0.4, 0.5) is 0 Å². The lowest BCUT2D eigenvalue weighted by atomic mass is 9.78. The Hall–Kier alpha value is -2.06. The summed E-state index contributed by atoms with van der Waals surface area (Å²) in [7, 11) is 1.76. The maximum absolute atomic E-state index is 5.88. The van der Waals surface area contributed by atoms with Crippen LogP contribution in [0.2, 0.25) is 0 Å². The van der Waals surface area contributed by atoms with Gasteiger partial charge in [-0.15, -0.1) is 6.58 Å². The van der Waals surface area contributed by atoms with Crippen LogP contribution >= 0.6 is 0 Å². The van der Waals surface area contributed by atoms with Crippen molar-refractivity contribution in [3.63, 3.8) is 0 Å². The minimum atomic E-state index is 0.713. The summed E-state index contributed by atoms with van der Waals surface area (Å²) in [4.78, 5) is 0. The van der Waals surface area contributed by atoms with Crippen molar-refractivity contribution in [2.45, 2.75) is 57.3 Å². The molecule has 0 bridgehead atoms. The Kier molecular flexibility index (Phi) is 8.82. The van der Waals surface area contributed by atoms with Crippen LogP contribution in [0.3, 0.4) is 0 Å². The van der Waals surface area contributed by atoms with E-state index in [2.05, 4.69) is 61.2 Å². The van der Waals surface area contributed by atoms with Crippen molar-refractivity contribution in [3.8, 4) is 16.9 Å². The zero-order chi connectivity index (χ0) is 20.3. The molecular formula is C27H36O2. The van der Waals surface area contributed by atoms with E-state index in [9.17, 15) is 0 Å². The smallest absolute Gasteiger partial charge is 0.119 e. The van der Waals surface area contributed by atoms with E-state index in [4.69, 9.17) is 9.47 Å². The fourth-order valence-electron chi connectivity index (χ4n) is 4.27. The summed E-state index contributed by atoms with van der Waals surface area (Å²) in [6.07, 6.45) is 11.9. The van der Waals surface area contributed by atoms with Crippen LogP contribution in [-0.2, 0) is 4.74 Å². The van der Waals surface area contributed by atoms with E-state index in [1.165, 1.54) is 55.2 Å². The number of hydrogen-bond donors (Lipinski definition) is 0. The molecule has 2 aromatic carbocycles. The Bertz CT molecular complexity index is 709. The highest BCUT2D eigenvalue weighted by atomic mass is 16.5. The standard InChI is InChI=1S/C27H36O2/c1-3-22-8-10-23(11-9-22)24-12-14-25(15-13-24)26-16-18-27(19-17-26)29-21-7-5-4-6-20-28-2/h3,12-19,22-23H,1,4-11,20-21H2,2H3. The van der Waals surface area contributed by atoms with Gasteiger partial charge in [-0.1, -0.05) is 48.9 Å². The summed E-state index contributed by atoms with van der Waals surface area (Å²) >= 11 is 0. The van der Waals surface area contributed by atoms with Crippen molar-refractivity contribution in [2.24, 2.45) is 5.92 Å². The molecule has 1 saturated carbocycles. The first-order valence-electron chi connectivity index (χ1n) is 11.2. The second-order valence-corrected chi connectivity index (χ2v) is 8.25. The molecule has 0 aromatic heterocycles. The van der Waals surface area contributed by atoms with Crippen LogP contribution < -0.4 is 4.74 Å². The van der Waals surface area contributed by atoms with Gasteiger partial charge in [0.1, 0.15) is 5.75 Å². The second kappa shape index (κ2) is 11.8. The first-order chi connectivity index (χ1) is 14.3. The summed E-state index contributed by atoms with van der Waals surface area (Å²) in [5.74, 6) is 2.40. The molecule has 1 aliphatic rings. The van der Waals surface area contributed by atoms with E-state index in [1.807, 2.05) is 0 Å². The largest absolute Gasteiger partial charge is 0.494 e. The molecule has 0 N–H and O–H groups in total. The predicted octanol–water partition coefficient (Wildman–Crippen LogP) is 7.40. The van der Waals surface area contributed by atoms with Gasteiger partial charge in [0.15, 0.2) is 0 Å². The molecule has 156 valence electrons. The first-order valence-corrected chi connectivity index (χ1v) is 11.2. The lowest BCUT2D eigenvalue weighted by molar-refractivity contribution is 0.191. The van der Waals surface area contributed by atoms with E-state index in [0.29, 0.717) is 5.92 Å². The second-order valence-electron chi connectivity index (χ2n) is 8.25. The zero-order valence-electron chi connectivity index (χ0n) is 17.9. The van der Waals surface area contributed by atoms with Gasteiger partial charge in [0.25, 0.3) is 0 Å². The first kappa shape index (κ1) is 21.6. The average Bonchev–Trinajstić information content (AvgIpc) is 2.79. The van der Waals surface area contributed by atoms with Gasteiger partial charge in [-0.3, -0.25) is 0 Å². The highest BCUT2D eigenvalue weighted by Gasteiger charge is 2.20. The van der Waals surface area contributed by atoms with Crippen LogP contribution in [0.25, 0.3) is 11.1 Å². The molecule has 2 heteroatoms. The number of hydrogen-bond acceptors (Lipinski definition) is 2. The zero-order valence-corrected chi connectivity index (χ0v) is 17.9. The maximum Gasteiger partial charge on any atom is 0.119 e. The monoisotopic (exact) mass is 392 g/mol. The number of methoxy groups -OCH3 is 1. The van der Waals surface area contributed by atoms with Crippen molar-refractivity contribution in [2.75, 3.05) is 20.3 Å². The quantitative estimate of drug-likeness (QED) is 0.293. The summed E-state index contributed by atoms with van der Waals surface area (Å²) in [6, 6.07) is 17.7. The minimum Gasteiger partial charge on any atom is -0.494 e. The number of rotatable bonds is 11. The van der Waals surface area contributed by atoms with E-state index >= 15 is 0 Å². The Morgan fingerprint density at radius 2 is 1.38 bits per heavy atom. The van der Waals surface area contributed by atoms with Gasteiger partial charge in [0, 0.05) is 13.7 Å². The maximum atomic E-state index is 5.88. The number of ether oxygens (including phenoxy) is 2. The van der Waals surface area contributed by atoms with Crippen LogP contribution in [0.15, 0.2) is 61.2 Å². The molecule has 0 unspecified atom stereocenters. The van der Waals surface area contributed by atoms with E-state index < -0.39 is 0 Å². The third kappa shape index (κ3) is 6.75. The van der Waals surface area contributed by atoms with Gasteiger partial charge in [-0.25, -0.2) is 0 Å². The summed E-state index contributed by atoms with van der Waals surface area (Å²) in [5.41, 5.74) is 4.01. The Morgan fingerprint density at radius 3 is 1.97 bits per heavy atom. The topological polar surface area (TPSA) is 18.5 Å². The molecule has 0 heterocycles. The van der Waals surface area contributed by atoms with Crippen LogP contribution in [0.1, 0.15) is 62.8 Å². The number of benzene rings is 2. The molecule has 0 radical (unpaired) electrons. The molecule has 0 aliphatic heterocycles. The normalized spacial score (nSPS) is 19.1. The highest BCUT2D eigenvalue weighted by molar-refractivity contribution is 5.64. The molecule has 29 heavy (non-hydrogen) atoms. The lowest BCUT2D eigenvalue weighted by Crippen LogP contribution is -2.11. The Morgan fingerprint density at radius 1 is 0.793 bits per heavy atom. The lowest BCUT2D eigenvalue weighted by Gasteiger charge is -2.27. The molecule has 1 aliphatic carbocycles. The van der Waals surface area contributed by atoms with Crippen LogP contribution in [-0.4, -0.2) is 20.3 Å².